The second kappa shape index (κ2) is 7.65. The summed E-state index contributed by atoms with van der Waals surface area (Å²) < 4.78 is 16.1. The quantitative estimate of drug-likeness (QED) is 0.662. The zero-order chi connectivity index (χ0) is 19.6. The number of rotatable bonds is 6. The minimum atomic E-state index is -0.121. The number of carbonyl (C=O) groups is 1. The molecule has 0 aliphatic rings. The van der Waals surface area contributed by atoms with Crippen LogP contribution in [0.5, 0.6) is 11.5 Å². The van der Waals surface area contributed by atoms with Crippen molar-refractivity contribution >= 4 is 17.0 Å². The van der Waals surface area contributed by atoms with Gasteiger partial charge in [0.15, 0.2) is 11.5 Å². The molecule has 0 saturated heterocycles. The van der Waals surface area contributed by atoms with Gasteiger partial charge in [0.1, 0.15) is 0 Å². The van der Waals surface area contributed by atoms with Crippen LogP contribution in [0.1, 0.15) is 34.2 Å². The van der Waals surface area contributed by atoms with Gasteiger partial charge < -0.3 is 18.9 Å². The first-order chi connectivity index (χ1) is 12.9. The number of amides is 1. The summed E-state index contributed by atoms with van der Waals surface area (Å²) in [6.45, 7) is 6.53. The SMILES string of the molecule is CCOc1ccc(CN(C)C(=O)c2cc(C)nc3onc(C)c23)cc1OC. The van der Waals surface area contributed by atoms with Crippen molar-refractivity contribution in [3.8, 4) is 11.5 Å². The van der Waals surface area contributed by atoms with Gasteiger partial charge >= 0.3 is 0 Å². The Balaban J connectivity index is 1.88. The van der Waals surface area contributed by atoms with Gasteiger partial charge in [-0.05, 0) is 44.5 Å². The van der Waals surface area contributed by atoms with Crippen LogP contribution < -0.4 is 9.47 Å². The van der Waals surface area contributed by atoms with Crippen molar-refractivity contribution in [2.75, 3.05) is 20.8 Å². The topological polar surface area (TPSA) is 77.7 Å². The van der Waals surface area contributed by atoms with Crippen molar-refractivity contribution in [2.24, 2.45) is 0 Å². The molecule has 27 heavy (non-hydrogen) atoms. The molecular weight excluding hydrogens is 346 g/mol. The summed E-state index contributed by atoms with van der Waals surface area (Å²) in [7, 11) is 3.36. The average Bonchev–Trinajstić information content (AvgIpc) is 3.02. The Morgan fingerprint density at radius 2 is 2.00 bits per heavy atom. The zero-order valence-electron chi connectivity index (χ0n) is 16.2. The highest BCUT2D eigenvalue weighted by Crippen LogP contribution is 2.29. The highest BCUT2D eigenvalue weighted by atomic mass is 16.5. The van der Waals surface area contributed by atoms with Gasteiger partial charge in [0.2, 0.25) is 0 Å². The molecule has 0 aliphatic carbocycles. The Kier molecular flexibility index (Phi) is 5.30. The largest absolute Gasteiger partial charge is 0.493 e. The van der Waals surface area contributed by atoms with Crippen molar-refractivity contribution in [3.63, 3.8) is 0 Å². The van der Waals surface area contributed by atoms with Gasteiger partial charge in [0.05, 0.1) is 30.4 Å². The van der Waals surface area contributed by atoms with E-state index in [1.54, 1.807) is 32.0 Å². The highest BCUT2D eigenvalue weighted by Gasteiger charge is 2.21. The zero-order valence-corrected chi connectivity index (χ0v) is 16.2. The normalized spacial score (nSPS) is 10.9. The lowest BCUT2D eigenvalue weighted by molar-refractivity contribution is 0.0786. The maximum Gasteiger partial charge on any atom is 0.258 e. The van der Waals surface area contributed by atoms with Crippen molar-refractivity contribution < 1.29 is 18.8 Å². The van der Waals surface area contributed by atoms with E-state index in [9.17, 15) is 4.79 Å². The van der Waals surface area contributed by atoms with E-state index < -0.39 is 0 Å². The molecule has 2 heterocycles. The molecular formula is C20H23N3O4. The van der Waals surface area contributed by atoms with Crippen LogP contribution in [0.15, 0.2) is 28.8 Å². The Morgan fingerprint density at radius 1 is 1.22 bits per heavy atom. The summed E-state index contributed by atoms with van der Waals surface area (Å²) in [5, 5.41) is 4.59. The van der Waals surface area contributed by atoms with E-state index in [1.165, 1.54) is 0 Å². The molecule has 142 valence electrons. The molecule has 0 saturated carbocycles. The molecule has 0 atom stereocenters. The molecule has 7 nitrogen and oxygen atoms in total. The Morgan fingerprint density at radius 3 is 2.70 bits per heavy atom. The minimum Gasteiger partial charge on any atom is -0.493 e. The number of methoxy groups -OCH3 is 1. The number of carbonyl (C=O) groups excluding carboxylic acids is 1. The summed E-state index contributed by atoms with van der Waals surface area (Å²) in [4.78, 5) is 19.0. The first-order valence-corrected chi connectivity index (χ1v) is 8.73. The van der Waals surface area contributed by atoms with Gasteiger partial charge in [-0.2, -0.15) is 0 Å². The predicted molar refractivity (Wildman–Crippen MR) is 101 cm³/mol. The summed E-state index contributed by atoms with van der Waals surface area (Å²) in [5.74, 6) is 1.21. The number of aryl methyl sites for hydroxylation is 2. The summed E-state index contributed by atoms with van der Waals surface area (Å²) in [6, 6.07) is 7.43. The minimum absolute atomic E-state index is 0.121. The fourth-order valence-corrected chi connectivity index (χ4v) is 3.02. The predicted octanol–water partition coefficient (Wildman–Crippen LogP) is 3.52. The van der Waals surface area contributed by atoms with Crippen LogP contribution >= 0.6 is 0 Å². The summed E-state index contributed by atoms with van der Waals surface area (Å²) in [5.41, 5.74) is 3.22. The lowest BCUT2D eigenvalue weighted by Gasteiger charge is -2.19. The fraction of sp³-hybridized carbons (Fsp3) is 0.350. The molecule has 0 radical (unpaired) electrons. The van der Waals surface area contributed by atoms with Crippen LogP contribution in [-0.2, 0) is 6.54 Å². The molecule has 2 aromatic heterocycles. The van der Waals surface area contributed by atoms with Crippen molar-refractivity contribution in [1.29, 1.82) is 0 Å². The molecule has 0 fully saturated rings. The Bertz CT molecular complexity index is 981. The van der Waals surface area contributed by atoms with Gasteiger partial charge in [-0.1, -0.05) is 11.2 Å². The van der Waals surface area contributed by atoms with Gasteiger partial charge in [-0.15, -0.1) is 0 Å². The van der Waals surface area contributed by atoms with Crippen LogP contribution in [0.4, 0.5) is 0 Å². The number of aromatic nitrogens is 2. The highest BCUT2D eigenvalue weighted by molar-refractivity contribution is 6.05. The van der Waals surface area contributed by atoms with Crippen LogP contribution in [0.25, 0.3) is 11.1 Å². The second-order valence-corrected chi connectivity index (χ2v) is 6.34. The van der Waals surface area contributed by atoms with Gasteiger partial charge in [-0.3, -0.25) is 4.79 Å². The molecule has 0 bridgehead atoms. The van der Waals surface area contributed by atoms with E-state index in [1.807, 2.05) is 32.0 Å². The van der Waals surface area contributed by atoms with E-state index in [0.29, 0.717) is 52.7 Å². The van der Waals surface area contributed by atoms with E-state index in [2.05, 4.69) is 10.1 Å². The van der Waals surface area contributed by atoms with E-state index in [0.717, 1.165) is 5.56 Å². The number of nitrogens with zero attached hydrogens (tertiary/aromatic N) is 3. The molecule has 0 aliphatic heterocycles. The number of hydrogen-bond acceptors (Lipinski definition) is 6. The van der Waals surface area contributed by atoms with Crippen LogP contribution in [0.2, 0.25) is 0 Å². The summed E-state index contributed by atoms with van der Waals surface area (Å²) >= 11 is 0. The molecule has 3 rings (SSSR count). The van der Waals surface area contributed by atoms with Crippen molar-refractivity contribution in [2.45, 2.75) is 27.3 Å². The maximum absolute atomic E-state index is 13.1. The molecule has 0 unspecified atom stereocenters. The van der Waals surface area contributed by atoms with Crippen LogP contribution in [-0.4, -0.2) is 41.7 Å². The Labute approximate surface area is 157 Å². The van der Waals surface area contributed by atoms with Gasteiger partial charge in [-0.25, -0.2) is 4.98 Å². The maximum atomic E-state index is 13.1. The average molecular weight is 369 g/mol. The standard InChI is InChI=1S/C20H23N3O4/c1-6-26-16-8-7-14(10-17(16)25-5)11-23(4)20(24)15-9-12(2)21-19-18(15)13(3)22-27-19/h7-10H,6,11H2,1-5H3. The molecule has 3 aromatic rings. The number of pyridine rings is 1. The van der Waals surface area contributed by atoms with Crippen molar-refractivity contribution in [3.05, 3.63) is 46.8 Å². The van der Waals surface area contributed by atoms with Crippen LogP contribution in [0.3, 0.4) is 0 Å². The first kappa shape index (κ1) is 18.7. The summed E-state index contributed by atoms with van der Waals surface area (Å²) in [6.07, 6.45) is 0. The third-order valence-electron chi connectivity index (χ3n) is 4.27. The Hall–Kier alpha value is -3.09. The van der Waals surface area contributed by atoms with E-state index in [4.69, 9.17) is 14.0 Å². The van der Waals surface area contributed by atoms with Crippen molar-refractivity contribution in [1.82, 2.24) is 15.0 Å². The van der Waals surface area contributed by atoms with Gasteiger partial charge in [0, 0.05) is 19.3 Å². The van der Waals surface area contributed by atoms with E-state index >= 15 is 0 Å². The smallest absolute Gasteiger partial charge is 0.258 e. The molecule has 1 aromatic carbocycles. The number of hydrogen-bond donors (Lipinski definition) is 0. The number of fused-ring (bicyclic) bond motifs is 1. The third kappa shape index (κ3) is 3.72. The van der Waals surface area contributed by atoms with Crippen LogP contribution in [0, 0.1) is 13.8 Å². The molecule has 1 amide bonds. The second-order valence-electron chi connectivity index (χ2n) is 6.34. The fourth-order valence-electron chi connectivity index (χ4n) is 3.02. The van der Waals surface area contributed by atoms with Gasteiger partial charge in [0.25, 0.3) is 11.6 Å². The monoisotopic (exact) mass is 369 g/mol. The first-order valence-electron chi connectivity index (χ1n) is 8.73. The molecule has 0 N–H and O–H groups in total. The third-order valence-corrected chi connectivity index (χ3v) is 4.27. The lowest BCUT2D eigenvalue weighted by atomic mass is 10.1. The van der Waals surface area contributed by atoms with E-state index in [-0.39, 0.29) is 5.91 Å². The lowest BCUT2D eigenvalue weighted by Crippen LogP contribution is -2.26. The molecule has 0 spiro atoms. The number of ether oxygens (including phenoxy) is 2. The molecule has 7 heteroatoms. The number of benzene rings is 1.